The fraction of sp³-hybridized carbons (Fsp3) is 0.400. The third kappa shape index (κ3) is 4.18. The average Bonchev–Trinajstić information content (AvgIpc) is 2.70. The van der Waals surface area contributed by atoms with Gasteiger partial charge < -0.3 is 14.4 Å². The molecule has 0 atom stereocenters. The SMILES string of the molecule is CCOC(=O)Cc1c2cc(C(F)(F)F)ccc2c(O)n1CC(F)(F)F. The van der Waals surface area contributed by atoms with E-state index in [2.05, 4.69) is 4.74 Å². The van der Waals surface area contributed by atoms with Gasteiger partial charge in [-0.15, -0.1) is 0 Å². The van der Waals surface area contributed by atoms with Gasteiger partial charge >= 0.3 is 18.3 Å². The Morgan fingerprint density at radius 2 is 1.80 bits per heavy atom. The highest BCUT2D eigenvalue weighted by Gasteiger charge is 2.34. The van der Waals surface area contributed by atoms with Crippen LogP contribution in [0.5, 0.6) is 5.88 Å². The van der Waals surface area contributed by atoms with E-state index >= 15 is 0 Å². The molecule has 10 heteroatoms. The third-order valence-corrected chi connectivity index (χ3v) is 3.43. The largest absolute Gasteiger partial charge is 0.494 e. The fourth-order valence-corrected chi connectivity index (χ4v) is 2.46. The molecule has 0 amide bonds. The van der Waals surface area contributed by atoms with E-state index in [4.69, 9.17) is 0 Å². The first-order valence-electron chi connectivity index (χ1n) is 7.07. The Balaban J connectivity index is 2.67. The molecule has 1 aromatic carbocycles. The Morgan fingerprint density at radius 1 is 1.16 bits per heavy atom. The highest BCUT2D eigenvalue weighted by molar-refractivity contribution is 5.93. The number of fused-ring (bicyclic) bond motifs is 1. The number of hydrogen-bond donors (Lipinski definition) is 1. The molecule has 0 radical (unpaired) electrons. The van der Waals surface area contributed by atoms with Crippen LogP contribution in [0.3, 0.4) is 0 Å². The lowest BCUT2D eigenvalue weighted by molar-refractivity contribution is -0.145. The summed E-state index contributed by atoms with van der Waals surface area (Å²) in [6.07, 6.45) is -10.2. The number of esters is 1. The summed E-state index contributed by atoms with van der Waals surface area (Å²) in [6.45, 7) is -0.218. The van der Waals surface area contributed by atoms with Crippen LogP contribution in [0, 0.1) is 0 Å². The minimum atomic E-state index is -4.75. The lowest BCUT2D eigenvalue weighted by atomic mass is 10.1. The van der Waals surface area contributed by atoms with Crippen molar-refractivity contribution >= 4 is 16.7 Å². The maximum Gasteiger partial charge on any atom is 0.416 e. The minimum Gasteiger partial charge on any atom is -0.494 e. The lowest BCUT2D eigenvalue weighted by Crippen LogP contribution is -2.20. The summed E-state index contributed by atoms with van der Waals surface area (Å²) in [5.74, 6) is -1.77. The molecule has 0 unspecified atom stereocenters. The van der Waals surface area contributed by atoms with Gasteiger partial charge in [-0.1, -0.05) is 0 Å². The van der Waals surface area contributed by atoms with Crippen LogP contribution >= 0.6 is 0 Å². The van der Waals surface area contributed by atoms with Crippen molar-refractivity contribution in [3.8, 4) is 5.88 Å². The van der Waals surface area contributed by atoms with Crippen molar-refractivity contribution < 1.29 is 41.0 Å². The number of aromatic hydroxyl groups is 1. The number of benzene rings is 1. The van der Waals surface area contributed by atoms with Crippen LogP contribution in [-0.2, 0) is 28.7 Å². The molecule has 1 aromatic heterocycles. The van der Waals surface area contributed by atoms with Gasteiger partial charge in [0.15, 0.2) is 5.88 Å². The number of nitrogens with zero attached hydrogens (tertiary/aromatic N) is 1. The van der Waals surface area contributed by atoms with Crippen molar-refractivity contribution in [3.05, 3.63) is 29.5 Å². The van der Waals surface area contributed by atoms with Crippen molar-refractivity contribution in [1.29, 1.82) is 0 Å². The van der Waals surface area contributed by atoms with Crippen molar-refractivity contribution in [2.75, 3.05) is 6.61 Å². The van der Waals surface area contributed by atoms with Crippen LogP contribution in [0.15, 0.2) is 18.2 Å². The molecule has 2 aromatic rings. The van der Waals surface area contributed by atoms with Crippen LogP contribution in [0.25, 0.3) is 10.8 Å². The van der Waals surface area contributed by atoms with Gasteiger partial charge in [0.1, 0.15) is 6.54 Å². The monoisotopic (exact) mass is 369 g/mol. The Labute approximate surface area is 137 Å². The Bertz CT molecular complexity index is 791. The molecule has 2 rings (SSSR count). The summed E-state index contributed by atoms with van der Waals surface area (Å²) in [6, 6.07) is 2.12. The normalized spacial score (nSPS) is 12.6. The van der Waals surface area contributed by atoms with E-state index in [0.717, 1.165) is 6.07 Å². The zero-order valence-electron chi connectivity index (χ0n) is 12.8. The summed E-state index contributed by atoms with van der Waals surface area (Å²) in [5, 5.41) is 9.50. The van der Waals surface area contributed by atoms with Gasteiger partial charge in [-0.2, -0.15) is 26.3 Å². The van der Waals surface area contributed by atoms with Crippen molar-refractivity contribution in [2.24, 2.45) is 0 Å². The maximum absolute atomic E-state index is 12.9. The number of hydrogen-bond acceptors (Lipinski definition) is 3. The topological polar surface area (TPSA) is 51.5 Å². The number of carbonyl (C=O) groups is 1. The van der Waals surface area contributed by atoms with Crippen LogP contribution in [0.4, 0.5) is 26.3 Å². The van der Waals surface area contributed by atoms with Gasteiger partial charge in [-0.3, -0.25) is 4.79 Å². The second-order valence-electron chi connectivity index (χ2n) is 5.21. The zero-order valence-corrected chi connectivity index (χ0v) is 12.8. The molecule has 0 aliphatic heterocycles. The first kappa shape index (κ1) is 18.9. The van der Waals surface area contributed by atoms with Gasteiger partial charge in [0.2, 0.25) is 0 Å². The smallest absolute Gasteiger partial charge is 0.416 e. The highest BCUT2D eigenvalue weighted by Crippen LogP contribution is 2.38. The Morgan fingerprint density at radius 3 is 2.32 bits per heavy atom. The van der Waals surface area contributed by atoms with Crippen LogP contribution in [0.1, 0.15) is 18.2 Å². The lowest BCUT2D eigenvalue weighted by Gasteiger charge is -2.13. The molecule has 0 bridgehead atoms. The summed E-state index contributed by atoms with van der Waals surface area (Å²) in [4.78, 5) is 11.6. The van der Waals surface area contributed by atoms with Crippen molar-refractivity contribution in [1.82, 2.24) is 4.57 Å². The number of ether oxygens (including phenoxy) is 1. The number of carbonyl (C=O) groups excluding carboxylic acids is 1. The number of rotatable bonds is 4. The van der Waals surface area contributed by atoms with Gasteiger partial charge in [-0.05, 0) is 25.1 Å². The number of aromatic nitrogens is 1. The molecule has 1 N–H and O–H groups in total. The molecule has 1 heterocycles. The molecule has 0 saturated heterocycles. The Hall–Kier alpha value is -2.39. The van der Waals surface area contributed by atoms with E-state index in [1.807, 2.05) is 0 Å². The average molecular weight is 369 g/mol. The first-order valence-corrected chi connectivity index (χ1v) is 7.07. The molecule has 0 aliphatic carbocycles. The predicted molar refractivity (Wildman–Crippen MR) is 75.0 cm³/mol. The van der Waals surface area contributed by atoms with E-state index in [1.54, 1.807) is 0 Å². The van der Waals surface area contributed by atoms with E-state index in [1.165, 1.54) is 6.92 Å². The van der Waals surface area contributed by atoms with E-state index < -0.39 is 48.4 Å². The van der Waals surface area contributed by atoms with Crippen LogP contribution < -0.4 is 0 Å². The molecular weight excluding hydrogens is 356 g/mol. The predicted octanol–water partition coefficient (Wildman–Crippen LogP) is 4.03. The highest BCUT2D eigenvalue weighted by atomic mass is 19.4. The van der Waals surface area contributed by atoms with E-state index in [9.17, 15) is 36.2 Å². The molecule has 0 aliphatic rings. The van der Waals surface area contributed by atoms with Gasteiger partial charge in [-0.25, -0.2) is 0 Å². The van der Waals surface area contributed by atoms with Crippen molar-refractivity contribution in [3.63, 3.8) is 0 Å². The molecular formula is C15H13F6NO3. The standard InChI is InChI=1S/C15H13F6NO3/c1-2-25-12(23)6-11-10-5-8(15(19,20)21)3-4-9(10)13(24)22(11)7-14(16,17)18/h3-5,24H,2,6-7H2,1H3. The summed E-state index contributed by atoms with van der Waals surface area (Å²) in [5.41, 5.74) is -1.50. The minimum absolute atomic E-state index is 0.0451. The third-order valence-electron chi connectivity index (χ3n) is 3.43. The zero-order chi connectivity index (χ0) is 19.0. The quantitative estimate of drug-likeness (QED) is 0.654. The maximum atomic E-state index is 12.9. The summed E-state index contributed by atoms with van der Waals surface area (Å²) < 4.78 is 81.9. The second-order valence-corrected chi connectivity index (χ2v) is 5.21. The number of halogens is 6. The molecule has 0 fully saturated rings. The summed E-state index contributed by atoms with van der Waals surface area (Å²) in [7, 11) is 0. The van der Waals surface area contributed by atoms with E-state index in [-0.39, 0.29) is 17.4 Å². The molecule has 138 valence electrons. The van der Waals surface area contributed by atoms with Crippen molar-refractivity contribution in [2.45, 2.75) is 32.2 Å². The van der Waals surface area contributed by atoms with Gasteiger partial charge in [0, 0.05) is 16.5 Å². The van der Waals surface area contributed by atoms with Crippen LogP contribution in [0.2, 0.25) is 0 Å². The van der Waals surface area contributed by atoms with Crippen LogP contribution in [-0.4, -0.2) is 28.4 Å². The molecule has 4 nitrogen and oxygen atoms in total. The molecule has 0 spiro atoms. The summed E-state index contributed by atoms with van der Waals surface area (Å²) >= 11 is 0. The number of alkyl halides is 6. The molecule has 0 saturated carbocycles. The van der Waals surface area contributed by atoms with E-state index in [0.29, 0.717) is 16.7 Å². The first-order chi connectivity index (χ1) is 11.4. The van der Waals surface area contributed by atoms with Gasteiger partial charge in [0.25, 0.3) is 0 Å². The second kappa shape index (κ2) is 6.49. The molecule has 25 heavy (non-hydrogen) atoms. The Kier molecular flexibility index (Phi) is 4.92. The van der Waals surface area contributed by atoms with Gasteiger partial charge in [0.05, 0.1) is 18.6 Å². The fourth-order valence-electron chi connectivity index (χ4n) is 2.46.